The lowest BCUT2D eigenvalue weighted by atomic mass is 10.2. The highest BCUT2D eigenvalue weighted by atomic mass is 32.2. The summed E-state index contributed by atoms with van der Waals surface area (Å²) in [6, 6.07) is 10.1. The molecular weight excluding hydrogens is 316 g/mol. The maximum Gasteiger partial charge on any atom is 0.263 e. The second kappa shape index (κ2) is 6.25. The van der Waals surface area contributed by atoms with Crippen LogP contribution in [0.5, 0.6) is 0 Å². The smallest absolute Gasteiger partial charge is 0.263 e. The fourth-order valence-corrected chi connectivity index (χ4v) is 3.43. The van der Waals surface area contributed by atoms with E-state index in [1.165, 1.54) is 18.5 Å². The highest BCUT2D eigenvalue weighted by molar-refractivity contribution is 7.92. The molecule has 3 rings (SSSR count). The summed E-state index contributed by atoms with van der Waals surface area (Å²) < 4.78 is 27.5. The average Bonchev–Trinajstić information content (AvgIpc) is 2.56. The molecule has 1 aromatic heterocycles. The van der Waals surface area contributed by atoms with Crippen LogP contribution in [0.3, 0.4) is 0 Å². The van der Waals surface area contributed by atoms with E-state index in [0.29, 0.717) is 24.5 Å². The third-order valence-corrected chi connectivity index (χ3v) is 4.82. The lowest BCUT2D eigenvalue weighted by Gasteiger charge is -2.30. The van der Waals surface area contributed by atoms with Gasteiger partial charge in [-0.25, -0.2) is 8.42 Å². The molecule has 1 saturated heterocycles. The maximum atomic E-state index is 12.5. The van der Waals surface area contributed by atoms with Crippen LogP contribution in [0.25, 0.3) is 0 Å². The summed E-state index contributed by atoms with van der Waals surface area (Å²) in [5, 5.41) is 2.75. The van der Waals surface area contributed by atoms with Crippen LogP contribution in [0.4, 0.5) is 11.4 Å². The van der Waals surface area contributed by atoms with E-state index in [1.807, 2.05) is 11.0 Å². The lowest BCUT2D eigenvalue weighted by Crippen LogP contribution is -2.47. The number of hydrogen-bond acceptors (Lipinski definition) is 5. The molecule has 0 spiro atoms. The number of rotatable bonds is 4. The zero-order valence-electron chi connectivity index (χ0n) is 12.3. The largest absolute Gasteiger partial charge is 0.359 e. The predicted octanol–water partition coefficient (Wildman–Crippen LogP) is 0.819. The number of hydrogen-bond donors (Lipinski definition) is 2. The molecule has 0 aliphatic carbocycles. The SMILES string of the molecule is O=C1CN(c2ccccc2NS(=O)(=O)c2cccnc2)CCN1. The zero-order chi connectivity index (χ0) is 16.3. The van der Waals surface area contributed by atoms with Gasteiger partial charge < -0.3 is 10.2 Å². The molecule has 7 nitrogen and oxygen atoms in total. The molecule has 1 amide bonds. The Hall–Kier alpha value is -2.61. The number of benzene rings is 1. The van der Waals surface area contributed by atoms with Crippen molar-refractivity contribution in [3.63, 3.8) is 0 Å². The minimum absolute atomic E-state index is 0.0823. The van der Waals surface area contributed by atoms with Crippen molar-refractivity contribution in [1.82, 2.24) is 10.3 Å². The number of nitrogens with zero attached hydrogens (tertiary/aromatic N) is 2. The Morgan fingerprint density at radius 3 is 2.74 bits per heavy atom. The van der Waals surface area contributed by atoms with Gasteiger partial charge in [0.25, 0.3) is 10.0 Å². The lowest BCUT2D eigenvalue weighted by molar-refractivity contribution is -0.120. The molecule has 0 saturated carbocycles. The van der Waals surface area contributed by atoms with Gasteiger partial charge in [0.2, 0.25) is 5.91 Å². The number of nitrogens with one attached hydrogen (secondary N) is 2. The summed E-state index contributed by atoms with van der Waals surface area (Å²) in [7, 11) is -3.73. The standard InChI is InChI=1S/C15H16N4O3S/c20-15-11-19(9-8-17-15)14-6-2-1-5-13(14)18-23(21,22)12-4-3-7-16-10-12/h1-7,10,18H,8-9,11H2,(H,17,20). The second-order valence-corrected chi connectivity index (χ2v) is 6.77. The first kappa shape index (κ1) is 15.3. The fourth-order valence-electron chi connectivity index (χ4n) is 2.39. The van der Waals surface area contributed by atoms with Gasteiger partial charge in [0, 0.05) is 25.5 Å². The Labute approximate surface area is 134 Å². The Bertz CT molecular complexity index is 808. The second-order valence-electron chi connectivity index (χ2n) is 5.08. The number of amides is 1. The normalized spacial score (nSPS) is 15.1. The number of anilines is 2. The van der Waals surface area contributed by atoms with Crippen LogP contribution in [-0.2, 0) is 14.8 Å². The number of sulfonamides is 1. The van der Waals surface area contributed by atoms with Gasteiger partial charge in [-0.3, -0.25) is 14.5 Å². The van der Waals surface area contributed by atoms with Gasteiger partial charge in [-0.2, -0.15) is 0 Å². The van der Waals surface area contributed by atoms with Gasteiger partial charge in [-0.1, -0.05) is 12.1 Å². The summed E-state index contributed by atoms with van der Waals surface area (Å²) in [4.78, 5) is 17.3. The minimum atomic E-state index is -3.73. The highest BCUT2D eigenvalue weighted by Gasteiger charge is 2.21. The number of para-hydroxylation sites is 2. The first-order valence-corrected chi connectivity index (χ1v) is 8.58. The van der Waals surface area contributed by atoms with Crippen LogP contribution in [0.1, 0.15) is 0 Å². The number of aromatic nitrogens is 1. The topological polar surface area (TPSA) is 91.4 Å². The van der Waals surface area contributed by atoms with Crippen LogP contribution < -0.4 is 14.9 Å². The molecule has 1 aliphatic heterocycles. The zero-order valence-corrected chi connectivity index (χ0v) is 13.1. The van der Waals surface area contributed by atoms with E-state index in [2.05, 4.69) is 15.0 Å². The summed E-state index contributed by atoms with van der Waals surface area (Å²) in [5.74, 6) is -0.0823. The Morgan fingerprint density at radius 1 is 1.17 bits per heavy atom. The number of carbonyl (C=O) groups is 1. The molecule has 2 aromatic rings. The quantitative estimate of drug-likeness (QED) is 0.865. The van der Waals surface area contributed by atoms with Crippen molar-refractivity contribution >= 4 is 27.3 Å². The Morgan fingerprint density at radius 2 is 2.00 bits per heavy atom. The van der Waals surface area contributed by atoms with Gasteiger partial charge >= 0.3 is 0 Å². The third kappa shape index (κ3) is 3.42. The van der Waals surface area contributed by atoms with Crippen molar-refractivity contribution < 1.29 is 13.2 Å². The number of pyridine rings is 1. The van der Waals surface area contributed by atoms with Crippen LogP contribution in [0.15, 0.2) is 53.7 Å². The molecule has 0 radical (unpaired) electrons. The first-order valence-electron chi connectivity index (χ1n) is 7.10. The van der Waals surface area contributed by atoms with Gasteiger partial charge in [-0.15, -0.1) is 0 Å². The molecule has 1 aliphatic rings. The van der Waals surface area contributed by atoms with Crippen molar-refractivity contribution in [2.75, 3.05) is 29.3 Å². The van der Waals surface area contributed by atoms with Crippen LogP contribution >= 0.6 is 0 Å². The van der Waals surface area contributed by atoms with Crippen LogP contribution in [0, 0.1) is 0 Å². The van der Waals surface area contributed by atoms with Crippen molar-refractivity contribution in [2.24, 2.45) is 0 Å². The van der Waals surface area contributed by atoms with Crippen molar-refractivity contribution in [3.8, 4) is 0 Å². The van der Waals surface area contributed by atoms with Gasteiger partial charge in [0.15, 0.2) is 0 Å². The summed E-state index contributed by atoms with van der Waals surface area (Å²) in [5.41, 5.74) is 1.11. The number of piperazine rings is 1. The maximum absolute atomic E-state index is 12.5. The van der Waals surface area contributed by atoms with Gasteiger partial charge in [0.05, 0.1) is 17.9 Å². The molecular formula is C15H16N4O3S. The fraction of sp³-hybridized carbons (Fsp3) is 0.200. The molecule has 23 heavy (non-hydrogen) atoms. The van der Waals surface area contributed by atoms with E-state index in [-0.39, 0.29) is 17.3 Å². The summed E-state index contributed by atoms with van der Waals surface area (Å²) in [6.07, 6.45) is 2.80. The van der Waals surface area contributed by atoms with E-state index in [9.17, 15) is 13.2 Å². The molecule has 0 bridgehead atoms. The van der Waals surface area contributed by atoms with Crippen molar-refractivity contribution in [1.29, 1.82) is 0 Å². The monoisotopic (exact) mass is 332 g/mol. The van der Waals surface area contributed by atoms with E-state index >= 15 is 0 Å². The summed E-state index contributed by atoms with van der Waals surface area (Å²) >= 11 is 0. The van der Waals surface area contributed by atoms with E-state index < -0.39 is 10.0 Å². The Balaban J connectivity index is 1.90. The average molecular weight is 332 g/mol. The van der Waals surface area contributed by atoms with Gasteiger partial charge in [-0.05, 0) is 24.3 Å². The molecule has 1 fully saturated rings. The van der Waals surface area contributed by atoms with Crippen LogP contribution in [-0.4, -0.2) is 38.9 Å². The van der Waals surface area contributed by atoms with Crippen LogP contribution in [0.2, 0.25) is 0 Å². The molecule has 0 atom stereocenters. The first-order chi connectivity index (χ1) is 11.1. The van der Waals surface area contributed by atoms with E-state index in [1.54, 1.807) is 24.3 Å². The predicted molar refractivity (Wildman–Crippen MR) is 86.7 cm³/mol. The van der Waals surface area contributed by atoms with Crippen molar-refractivity contribution in [2.45, 2.75) is 4.90 Å². The molecule has 2 heterocycles. The molecule has 1 aromatic carbocycles. The Kier molecular flexibility index (Phi) is 4.16. The minimum Gasteiger partial charge on any atom is -0.359 e. The molecule has 8 heteroatoms. The van der Waals surface area contributed by atoms with E-state index in [4.69, 9.17) is 0 Å². The molecule has 2 N–H and O–H groups in total. The number of carbonyl (C=O) groups excluding carboxylic acids is 1. The molecule has 0 unspecified atom stereocenters. The highest BCUT2D eigenvalue weighted by Crippen LogP contribution is 2.28. The van der Waals surface area contributed by atoms with Crippen molar-refractivity contribution in [3.05, 3.63) is 48.8 Å². The van der Waals surface area contributed by atoms with Gasteiger partial charge in [0.1, 0.15) is 4.90 Å². The third-order valence-electron chi connectivity index (χ3n) is 3.47. The molecule has 120 valence electrons. The van der Waals surface area contributed by atoms with E-state index in [0.717, 1.165) is 0 Å². The summed E-state index contributed by atoms with van der Waals surface area (Å²) in [6.45, 7) is 1.35.